The van der Waals surface area contributed by atoms with Crippen LogP contribution in [0.4, 0.5) is 0 Å². The van der Waals surface area contributed by atoms with Crippen LogP contribution in [0.3, 0.4) is 0 Å². The van der Waals surface area contributed by atoms with Crippen LogP contribution >= 0.6 is 0 Å². The van der Waals surface area contributed by atoms with Crippen molar-refractivity contribution < 1.29 is 0 Å². The van der Waals surface area contributed by atoms with Crippen LogP contribution < -0.4 is 0 Å². The van der Waals surface area contributed by atoms with Gasteiger partial charge in [0.2, 0.25) is 0 Å². The second-order valence-electron chi connectivity index (χ2n) is 4.15. The Kier molecular flexibility index (Phi) is 7.35. The number of benzene rings is 2. The van der Waals surface area contributed by atoms with Gasteiger partial charge in [-0.05, 0) is 60.7 Å². The summed E-state index contributed by atoms with van der Waals surface area (Å²) in [6, 6.07) is 8.85. The van der Waals surface area contributed by atoms with E-state index in [1.807, 2.05) is 27.7 Å². The summed E-state index contributed by atoms with van der Waals surface area (Å²) in [5, 5.41) is 2.87. The molecule has 0 saturated heterocycles. The van der Waals surface area contributed by atoms with Gasteiger partial charge >= 0.3 is 0 Å². The van der Waals surface area contributed by atoms with Crippen molar-refractivity contribution in [3.05, 3.63) is 46.5 Å². The normalized spacial score (nSPS) is 9.11. The van der Waals surface area contributed by atoms with Gasteiger partial charge in [0, 0.05) is 0 Å². The van der Waals surface area contributed by atoms with E-state index in [0.717, 1.165) is 0 Å². The topological polar surface area (TPSA) is 0 Å². The Labute approximate surface area is 113 Å². The Hall–Kier alpha value is -1.30. The molecule has 0 saturated carbocycles. The van der Waals surface area contributed by atoms with Gasteiger partial charge < -0.3 is 0 Å². The van der Waals surface area contributed by atoms with Gasteiger partial charge in [-0.3, -0.25) is 0 Å². The van der Waals surface area contributed by atoms with Crippen molar-refractivity contribution in [2.45, 2.75) is 55.4 Å². The van der Waals surface area contributed by atoms with E-state index < -0.39 is 0 Å². The lowest BCUT2D eigenvalue weighted by atomic mass is 9.94. The molecule has 0 N–H and O–H groups in total. The highest BCUT2D eigenvalue weighted by atomic mass is 14.1. The first kappa shape index (κ1) is 16.7. The molecule has 0 atom stereocenters. The smallest absolute Gasteiger partial charge is 0.0120 e. The fourth-order valence-corrected chi connectivity index (χ4v) is 2.24. The Bertz CT molecular complexity index is 404. The maximum Gasteiger partial charge on any atom is -0.0120 e. The largest absolute Gasteiger partial charge is 0.0683 e. The van der Waals surface area contributed by atoms with E-state index in [-0.39, 0.29) is 0 Å². The molecule has 0 aromatic heterocycles. The van der Waals surface area contributed by atoms with Crippen LogP contribution in [0.2, 0.25) is 0 Å². The average Bonchev–Trinajstić information content (AvgIpc) is 2.42. The molecule has 0 aliphatic rings. The number of fused-ring (bicyclic) bond motifs is 1. The van der Waals surface area contributed by atoms with Crippen molar-refractivity contribution in [3.63, 3.8) is 0 Å². The maximum atomic E-state index is 2.21. The molecule has 0 heteroatoms. The SMILES string of the molecule is CC.CC.Cc1ccc(C)c2c(C)ccc(C)c12. The minimum absolute atomic E-state index is 1.38. The molecule has 0 aliphatic carbocycles. The summed E-state index contributed by atoms with van der Waals surface area (Å²) in [5.41, 5.74) is 5.53. The zero-order valence-corrected chi connectivity index (χ0v) is 13.3. The Balaban J connectivity index is 0.000000659. The van der Waals surface area contributed by atoms with E-state index >= 15 is 0 Å². The predicted molar refractivity (Wildman–Crippen MR) is 85.6 cm³/mol. The van der Waals surface area contributed by atoms with Crippen molar-refractivity contribution in [3.8, 4) is 0 Å². The van der Waals surface area contributed by atoms with Crippen molar-refractivity contribution >= 4 is 10.8 Å². The zero-order valence-electron chi connectivity index (χ0n) is 13.3. The molecule has 0 bridgehead atoms. The molecular weight excluding hydrogens is 216 g/mol. The third kappa shape index (κ3) is 3.35. The van der Waals surface area contributed by atoms with E-state index in [9.17, 15) is 0 Å². The highest BCUT2D eigenvalue weighted by molar-refractivity contribution is 5.93. The van der Waals surface area contributed by atoms with E-state index in [0.29, 0.717) is 0 Å². The van der Waals surface area contributed by atoms with Gasteiger partial charge in [0.25, 0.3) is 0 Å². The van der Waals surface area contributed by atoms with E-state index in [1.165, 1.54) is 33.0 Å². The molecule has 0 amide bonds. The van der Waals surface area contributed by atoms with Crippen LogP contribution in [0, 0.1) is 27.7 Å². The molecule has 2 aromatic rings. The zero-order chi connectivity index (χ0) is 14.3. The fourth-order valence-electron chi connectivity index (χ4n) is 2.24. The first-order valence-electron chi connectivity index (χ1n) is 7.07. The summed E-state index contributed by atoms with van der Waals surface area (Å²) < 4.78 is 0. The van der Waals surface area contributed by atoms with Crippen molar-refractivity contribution in [2.75, 3.05) is 0 Å². The van der Waals surface area contributed by atoms with Gasteiger partial charge in [-0.15, -0.1) is 0 Å². The van der Waals surface area contributed by atoms with Crippen LogP contribution in [0.5, 0.6) is 0 Å². The van der Waals surface area contributed by atoms with Crippen molar-refractivity contribution in [1.82, 2.24) is 0 Å². The van der Waals surface area contributed by atoms with Crippen LogP contribution in [0.15, 0.2) is 24.3 Å². The lowest BCUT2D eigenvalue weighted by molar-refractivity contribution is 1.38. The third-order valence-corrected chi connectivity index (χ3v) is 2.99. The van der Waals surface area contributed by atoms with Crippen molar-refractivity contribution in [1.29, 1.82) is 0 Å². The molecule has 0 spiro atoms. The van der Waals surface area contributed by atoms with Gasteiger partial charge in [0.1, 0.15) is 0 Å². The Morgan fingerprint density at radius 1 is 0.444 bits per heavy atom. The fraction of sp³-hybridized carbons (Fsp3) is 0.444. The highest BCUT2D eigenvalue weighted by Gasteiger charge is 2.05. The summed E-state index contributed by atoms with van der Waals surface area (Å²) in [7, 11) is 0. The second-order valence-corrected chi connectivity index (χ2v) is 4.15. The van der Waals surface area contributed by atoms with Gasteiger partial charge in [-0.25, -0.2) is 0 Å². The Morgan fingerprint density at radius 3 is 0.778 bits per heavy atom. The van der Waals surface area contributed by atoms with Gasteiger partial charge in [-0.1, -0.05) is 52.0 Å². The second kappa shape index (κ2) is 7.92. The molecule has 0 radical (unpaired) electrons. The summed E-state index contributed by atoms with van der Waals surface area (Å²) >= 11 is 0. The minimum Gasteiger partial charge on any atom is -0.0683 e. The maximum absolute atomic E-state index is 2.21. The first-order chi connectivity index (χ1) is 8.61. The lowest BCUT2D eigenvalue weighted by Gasteiger charge is -2.11. The molecule has 0 aliphatic heterocycles. The standard InChI is InChI=1S/C14H16.2C2H6/c1-9-5-6-11(3)14-12(4)8-7-10(2)13(9)14;2*1-2/h5-8H,1-4H3;2*1-2H3. The quantitative estimate of drug-likeness (QED) is 0.523. The third-order valence-electron chi connectivity index (χ3n) is 2.99. The van der Waals surface area contributed by atoms with Gasteiger partial charge in [-0.2, -0.15) is 0 Å². The average molecular weight is 244 g/mol. The molecule has 0 fully saturated rings. The number of hydrogen-bond acceptors (Lipinski definition) is 0. The monoisotopic (exact) mass is 244 g/mol. The van der Waals surface area contributed by atoms with Crippen LogP contribution in [0.25, 0.3) is 10.8 Å². The molecule has 2 rings (SSSR count). The molecule has 2 aromatic carbocycles. The van der Waals surface area contributed by atoms with E-state index in [1.54, 1.807) is 0 Å². The van der Waals surface area contributed by atoms with Gasteiger partial charge in [0.15, 0.2) is 0 Å². The Morgan fingerprint density at radius 2 is 0.611 bits per heavy atom. The summed E-state index contributed by atoms with van der Waals surface area (Å²) in [6.45, 7) is 16.8. The first-order valence-corrected chi connectivity index (χ1v) is 7.07. The molecule has 100 valence electrons. The van der Waals surface area contributed by atoms with E-state index in [2.05, 4.69) is 52.0 Å². The number of rotatable bonds is 0. The number of hydrogen-bond donors (Lipinski definition) is 0. The molecule has 0 unspecified atom stereocenters. The predicted octanol–water partition coefficient (Wildman–Crippen LogP) is 6.13. The van der Waals surface area contributed by atoms with E-state index in [4.69, 9.17) is 0 Å². The van der Waals surface area contributed by atoms with Crippen LogP contribution in [-0.4, -0.2) is 0 Å². The summed E-state index contributed by atoms with van der Waals surface area (Å²) in [5.74, 6) is 0. The van der Waals surface area contributed by atoms with Gasteiger partial charge in [0.05, 0.1) is 0 Å². The lowest BCUT2D eigenvalue weighted by Crippen LogP contribution is -1.89. The molecule has 0 heterocycles. The summed E-state index contributed by atoms with van der Waals surface area (Å²) in [6.07, 6.45) is 0. The molecule has 18 heavy (non-hydrogen) atoms. The van der Waals surface area contributed by atoms with Crippen molar-refractivity contribution in [2.24, 2.45) is 0 Å². The highest BCUT2D eigenvalue weighted by Crippen LogP contribution is 2.27. The van der Waals surface area contributed by atoms with Crippen LogP contribution in [0.1, 0.15) is 49.9 Å². The number of aryl methyl sites for hydroxylation is 4. The molecule has 0 nitrogen and oxygen atoms in total. The summed E-state index contributed by atoms with van der Waals surface area (Å²) in [4.78, 5) is 0. The molecular formula is C18H28. The van der Waals surface area contributed by atoms with Crippen LogP contribution in [-0.2, 0) is 0 Å². The minimum atomic E-state index is 1.38.